The van der Waals surface area contributed by atoms with Crippen LogP contribution in [0.1, 0.15) is 47.0 Å². The van der Waals surface area contributed by atoms with Crippen molar-refractivity contribution in [1.82, 2.24) is 0 Å². The van der Waals surface area contributed by atoms with E-state index in [9.17, 15) is 0 Å². The predicted octanol–water partition coefficient (Wildman–Crippen LogP) is -2.02. The Balaban J connectivity index is -0.0000000718. The minimum absolute atomic E-state index is 0. The largest absolute Gasteiger partial charge is 1.00 e. The molecule has 0 N–H and O–H groups in total. The molecule has 0 bridgehead atoms. The van der Waals surface area contributed by atoms with Crippen LogP contribution in [0.25, 0.3) is 10.6 Å². The van der Waals surface area contributed by atoms with Crippen molar-refractivity contribution in [3.05, 3.63) is 10.6 Å². The first-order valence-electron chi connectivity index (χ1n) is 5.59. The summed E-state index contributed by atoms with van der Waals surface area (Å²) in [6.45, 7) is 12.5. The van der Waals surface area contributed by atoms with Crippen LogP contribution in [0, 0.1) is 0 Å². The molecule has 82 valence electrons. The van der Waals surface area contributed by atoms with Crippen LogP contribution < -0.4 is 37.7 Å². The third kappa shape index (κ3) is 39.5. The molecular weight excluding hydrogens is 174 g/mol. The fourth-order valence-corrected chi connectivity index (χ4v) is 0.744. The standard InChI is InChI=1S/C6H14N.C5H12N.2Li/c1-3-5-6-7-4-2;1-3-5-6-4-2;;/h3-6H2,1-2H3;3-5H2,1-2H3;;/q2*-1;2*+1. The minimum Gasteiger partial charge on any atom is -0.662 e. The molecule has 0 aromatic heterocycles. The number of nitrogens with zero attached hydrogens (tertiary/aromatic N) is 2. The number of hydrogen-bond donors (Lipinski definition) is 0. The summed E-state index contributed by atoms with van der Waals surface area (Å²) >= 11 is 0. The van der Waals surface area contributed by atoms with Crippen molar-refractivity contribution in [2.75, 3.05) is 26.2 Å². The van der Waals surface area contributed by atoms with E-state index in [4.69, 9.17) is 0 Å². The van der Waals surface area contributed by atoms with Gasteiger partial charge in [-0.1, -0.05) is 47.0 Å². The van der Waals surface area contributed by atoms with Gasteiger partial charge in [0.05, 0.1) is 0 Å². The molecule has 0 radical (unpaired) electrons. The van der Waals surface area contributed by atoms with Crippen LogP contribution in [0.4, 0.5) is 0 Å². The monoisotopic (exact) mass is 200 g/mol. The van der Waals surface area contributed by atoms with Gasteiger partial charge >= 0.3 is 37.7 Å². The molecular formula is C11H26Li2N2. The summed E-state index contributed by atoms with van der Waals surface area (Å²) in [5.41, 5.74) is 0. The second-order valence-corrected chi connectivity index (χ2v) is 2.88. The second-order valence-electron chi connectivity index (χ2n) is 2.88. The summed E-state index contributed by atoms with van der Waals surface area (Å²) in [7, 11) is 0. The summed E-state index contributed by atoms with van der Waals surface area (Å²) in [5.74, 6) is 0. The van der Waals surface area contributed by atoms with Crippen LogP contribution in [0.15, 0.2) is 0 Å². The zero-order valence-corrected chi connectivity index (χ0v) is 11.8. The molecule has 0 heterocycles. The fraction of sp³-hybridized carbons (Fsp3) is 1.00. The normalized spacial score (nSPS) is 8.00. The van der Waals surface area contributed by atoms with Gasteiger partial charge in [-0.15, -0.1) is 13.1 Å². The fourth-order valence-electron chi connectivity index (χ4n) is 0.744. The van der Waals surface area contributed by atoms with Gasteiger partial charge in [0.15, 0.2) is 0 Å². The van der Waals surface area contributed by atoms with Gasteiger partial charge in [-0.25, -0.2) is 0 Å². The third-order valence-corrected chi connectivity index (χ3v) is 1.50. The first kappa shape index (κ1) is 25.1. The molecule has 0 atom stereocenters. The van der Waals surface area contributed by atoms with Gasteiger partial charge in [-0.2, -0.15) is 13.1 Å². The summed E-state index contributed by atoms with van der Waals surface area (Å²) < 4.78 is 0. The van der Waals surface area contributed by atoms with Crippen molar-refractivity contribution in [3.8, 4) is 0 Å². The van der Waals surface area contributed by atoms with Gasteiger partial charge in [-0.3, -0.25) is 0 Å². The molecule has 0 amide bonds. The molecule has 4 heteroatoms. The quantitative estimate of drug-likeness (QED) is 0.335. The van der Waals surface area contributed by atoms with Crippen LogP contribution >= 0.6 is 0 Å². The average Bonchev–Trinajstić information content (AvgIpc) is 2.17. The third-order valence-electron chi connectivity index (χ3n) is 1.50. The molecule has 0 aromatic carbocycles. The van der Waals surface area contributed by atoms with E-state index >= 15 is 0 Å². The summed E-state index contributed by atoms with van der Waals surface area (Å²) in [6, 6.07) is 0. The molecule has 0 unspecified atom stereocenters. The molecule has 0 saturated carbocycles. The Morgan fingerprint density at radius 2 is 1.13 bits per heavy atom. The zero-order valence-electron chi connectivity index (χ0n) is 11.8. The number of rotatable bonds is 7. The summed E-state index contributed by atoms with van der Waals surface area (Å²) in [4.78, 5) is 0. The van der Waals surface area contributed by atoms with Gasteiger partial charge in [0.1, 0.15) is 0 Å². The molecule has 15 heavy (non-hydrogen) atoms. The van der Waals surface area contributed by atoms with E-state index in [0.29, 0.717) is 0 Å². The Labute approximate surface area is 121 Å². The van der Waals surface area contributed by atoms with E-state index < -0.39 is 0 Å². The molecule has 0 saturated heterocycles. The smallest absolute Gasteiger partial charge is 0.662 e. The van der Waals surface area contributed by atoms with Crippen LogP contribution in [-0.2, 0) is 0 Å². The Hall–Kier alpha value is 1.11. The summed E-state index contributed by atoms with van der Waals surface area (Å²) in [5, 5.41) is 8.25. The molecule has 0 fully saturated rings. The topological polar surface area (TPSA) is 28.2 Å². The minimum atomic E-state index is 0. The number of unbranched alkanes of at least 4 members (excludes halogenated alkanes) is 1. The van der Waals surface area contributed by atoms with E-state index in [0.717, 1.165) is 26.2 Å². The molecule has 0 spiro atoms. The molecule has 0 aliphatic heterocycles. The van der Waals surface area contributed by atoms with E-state index in [1.165, 1.54) is 19.3 Å². The maximum absolute atomic E-state index is 4.16. The maximum atomic E-state index is 4.16. The Kier molecular flexibility index (Phi) is 49.2. The Bertz CT molecular complexity index is 65.6. The maximum Gasteiger partial charge on any atom is 1.00 e. The van der Waals surface area contributed by atoms with Gasteiger partial charge < -0.3 is 10.6 Å². The number of hydrogen-bond acceptors (Lipinski definition) is 0. The molecule has 0 aliphatic rings. The Morgan fingerprint density at radius 1 is 0.667 bits per heavy atom. The van der Waals surface area contributed by atoms with Gasteiger partial charge in [0.2, 0.25) is 0 Å². The van der Waals surface area contributed by atoms with E-state index in [2.05, 4.69) is 38.3 Å². The zero-order chi connectivity index (χ0) is 10.4. The first-order chi connectivity index (χ1) is 6.33. The SMILES string of the molecule is CCCC[N-]CC.CCC[N-]CC.[Li+].[Li+]. The van der Waals surface area contributed by atoms with Crippen molar-refractivity contribution < 1.29 is 37.7 Å². The molecule has 2 nitrogen and oxygen atoms in total. The van der Waals surface area contributed by atoms with Crippen molar-refractivity contribution in [2.24, 2.45) is 0 Å². The molecule has 0 aromatic rings. The van der Waals surface area contributed by atoms with Gasteiger partial charge in [-0.05, 0) is 0 Å². The predicted molar refractivity (Wildman–Crippen MR) is 62.7 cm³/mol. The van der Waals surface area contributed by atoms with E-state index in [1.54, 1.807) is 0 Å². The Morgan fingerprint density at radius 3 is 1.40 bits per heavy atom. The van der Waals surface area contributed by atoms with Crippen molar-refractivity contribution in [2.45, 2.75) is 47.0 Å². The van der Waals surface area contributed by atoms with Crippen molar-refractivity contribution in [3.63, 3.8) is 0 Å². The van der Waals surface area contributed by atoms with E-state index in [1.807, 2.05) is 0 Å². The van der Waals surface area contributed by atoms with Crippen molar-refractivity contribution in [1.29, 1.82) is 0 Å². The average molecular weight is 200 g/mol. The second kappa shape index (κ2) is 29.4. The summed E-state index contributed by atoms with van der Waals surface area (Å²) in [6.07, 6.45) is 3.71. The van der Waals surface area contributed by atoms with Gasteiger partial charge in [0, 0.05) is 0 Å². The van der Waals surface area contributed by atoms with Gasteiger partial charge in [0.25, 0.3) is 0 Å². The molecule has 0 rings (SSSR count). The molecule has 0 aliphatic carbocycles. The van der Waals surface area contributed by atoms with E-state index in [-0.39, 0.29) is 37.7 Å². The van der Waals surface area contributed by atoms with Crippen molar-refractivity contribution >= 4 is 0 Å². The van der Waals surface area contributed by atoms with Crippen LogP contribution in [0.2, 0.25) is 0 Å². The van der Waals surface area contributed by atoms with Crippen LogP contribution in [0.5, 0.6) is 0 Å². The van der Waals surface area contributed by atoms with Crippen LogP contribution in [0.3, 0.4) is 0 Å². The van der Waals surface area contributed by atoms with Crippen LogP contribution in [-0.4, -0.2) is 26.2 Å². The first-order valence-corrected chi connectivity index (χ1v) is 5.59.